The number of ketones is 1. The fourth-order valence-corrected chi connectivity index (χ4v) is 5.33. The minimum absolute atomic E-state index is 0.0692. The molecule has 3 rings (SSSR count). The van der Waals surface area contributed by atoms with Gasteiger partial charge in [-0.3, -0.25) is 9.59 Å². The first-order valence-electron chi connectivity index (χ1n) is 15.7. The summed E-state index contributed by atoms with van der Waals surface area (Å²) < 4.78 is 22.2. The quantitative estimate of drug-likeness (QED) is 0.155. The average Bonchev–Trinajstić information content (AvgIpc) is 3.72. The maximum atomic E-state index is 12.6. The largest absolute Gasteiger partial charge is 0.481 e. The van der Waals surface area contributed by atoms with Gasteiger partial charge in [0, 0.05) is 38.2 Å². The molecule has 2 saturated heterocycles. The zero-order chi connectivity index (χ0) is 34.7. The molecule has 0 spiro atoms. The van der Waals surface area contributed by atoms with Gasteiger partial charge in [-0.2, -0.15) is 0 Å². The lowest BCUT2D eigenvalue weighted by Gasteiger charge is -2.41. The Morgan fingerprint density at radius 3 is 2.26 bits per heavy atom. The lowest BCUT2D eigenvalue weighted by atomic mass is 9.88. The Bertz CT molecular complexity index is 1200. The highest BCUT2D eigenvalue weighted by Gasteiger charge is 2.43. The first-order chi connectivity index (χ1) is 22.3. The molecule has 0 saturated carbocycles. The highest BCUT2D eigenvalue weighted by Crippen LogP contribution is 2.29. The van der Waals surface area contributed by atoms with Crippen LogP contribution in [0.3, 0.4) is 0 Å². The van der Waals surface area contributed by atoms with E-state index in [0.717, 1.165) is 0 Å². The Morgan fingerprint density at radius 1 is 0.872 bits per heavy atom. The van der Waals surface area contributed by atoms with Crippen LogP contribution in [-0.4, -0.2) is 122 Å². The number of allylic oxidation sites excluding steroid dienone is 6. The van der Waals surface area contributed by atoms with Gasteiger partial charge in [-0.1, -0.05) is 48.6 Å². The summed E-state index contributed by atoms with van der Waals surface area (Å²) in [6, 6.07) is -1.10. The van der Waals surface area contributed by atoms with Crippen LogP contribution in [0.2, 0.25) is 0 Å². The molecular weight excluding hydrogens is 618 g/mol. The fourth-order valence-electron chi connectivity index (χ4n) is 5.33. The van der Waals surface area contributed by atoms with Gasteiger partial charge in [0.2, 0.25) is 0 Å². The third-order valence-electron chi connectivity index (χ3n) is 8.05. The van der Waals surface area contributed by atoms with Crippen molar-refractivity contribution in [3.63, 3.8) is 0 Å². The van der Waals surface area contributed by atoms with Crippen molar-refractivity contribution in [2.75, 3.05) is 0 Å². The summed E-state index contributed by atoms with van der Waals surface area (Å²) in [4.78, 5) is 36.9. The van der Waals surface area contributed by atoms with Crippen molar-refractivity contribution in [2.45, 2.75) is 119 Å². The zero-order valence-electron chi connectivity index (χ0n) is 26.4. The number of fused-ring (bicyclic) bond motifs is 1. The number of ether oxygens (including phenoxy) is 4. The van der Waals surface area contributed by atoms with Crippen molar-refractivity contribution in [1.82, 2.24) is 0 Å². The molecule has 0 aromatic carbocycles. The van der Waals surface area contributed by atoms with Gasteiger partial charge in [0.25, 0.3) is 0 Å². The van der Waals surface area contributed by atoms with E-state index in [1.807, 2.05) is 6.08 Å². The normalized spacial score (nSPS) is 43.4. The number of rotatable bonds is 3. The van der Waals surface area contributed by atoms with Crippen LogP contribution in [0.15, 0.2) is 60.8 Å². The fraction of sp³-hybridized carbons (Fsp3) is 0.606. The van der Waals surface area contributed by atoms with Gasteiger partial charge < -0.3 is 55.3 Å². The summed E-state index contributed by atoms with van der Waals surface area (Å²) in [5, 5.41) is 62.6. The highest BCUT2D eigenvalue weighted by molar-refractivity contribution is 5.82. The molecule has 13 atom stereocenters. The second kappa shape index (κ2) is 18.5. The van der Waals surface area contributed by atoms with Crippen LogP contribution in [-0.2, 0) is 33.3 Å². The molecule has 0 radical (unpaired) electrons. The number of epoxide rings is 1. The third-order valence-corrected chi connectivity index (χ3v) is 8.05. The summed E-state index contributed by atoms with van der Waals surface area (Å²) in [6.45, 7) is 3.29. The van der Waals surface area contributed by atoms with Gasteiger partial charge in [-0.05, 0) is 19.9 Å². The Kier molecular flexibility index (Phi) is 15.1. The summed E-state index contributed by atoms with van der Waals surface area (Å²) in [6.07, 6.45) is 3.57. The molecule has 14 nitrogen and oxygen atoms in total. The Morgan fingerprint density at radius 2 is 1.55 bits per heavy atom. The van der Waals surface area contributed by atoms with Crippen LogP contribution >= 0.6 is 0 Å². The molecule has 0 unspecified atom stereocenters. The molecule has 3 aliphatic rings. The number of aliphatic carboxylic acids is 1. The van der Waals surface area contributed by atoms with Crippen LogP contribution in [0.5, 0.6) is 0 Å². The van der Waals surface area contributed by atoms with E-state index >= 15 is 0 Å². The number of carbonyl (C=O) groups excluding carboxylic acids is 2. The van der Waals surface area contributed by atoms with Crippen LogP contribution < -0.4 is 5.73 Å². The van der Waals surface area contributed by atoms with E-state index in [1.165, 1.54) is 25.2 Å². The van der Waals surface area contributed by atoms with Crippen molar-refractivity contribution >= 4 is 17.7 Å². The molecule has 3 aliphatic heterocycles. The maximum Gasteiger partial charge on any atom is 0.330 e. The first-order valence-corrected chi connectivity index (χ1v) is 15.7. The number of carbonyl (C=O) groups is 3. The van der Waals surface area contributed by atoms with Crippen molar-refractivity contribution in [3.05, 3.63) is 60.8 Å². The van der Waals surface area contributed by atoms with Crippen LogP contribution in [0.1, 0.15) is 46.0 Å². The first kappa shape index (κ1) is 38.4. The monoisotopic (exact) mass is 665 g/mol. The minimum atomic E-state index is -1.80. The van der Waals surface area contributed by atoms with Gasteiger partial charge in [0.05, 0.1) is 48.8 Å². The molecule has 14 heteroatoms. The number of nitrogens with two attached hydrogens (primary N) is 1. The minimum Gasteiger partial charge on any atom is -0.481 e. The SMILES string of the molecule is C[C@@H]1C/C=C/C=C\C=C\C=C\[C@H](O[C@@H]2O[C@H](C)[C@@H](O)[C@H](N)[C@@H]2O)C[C@H](O)[C@H](C(=O)O)[C@H](O)CC(=O)C[C@H](O)C[C@@H]2O[C@H]2/C=C/C(=O)O1. The predicted molar refractivity (Wildman–Crippen MR) is 166 cm³/mol. The van der Waals surface area contributed by atoms with E-state index in [-0.39, 0.29) is 25.4 Å². The molecule has 0 aromatic rings. The number of hydrogen-bond donors (Lipinski definition) is 7. The van der Waals surface area contributed by atoms with Crippen molar-refractivity contribution in [2.24, 2.45) is 11.7 Å². The van der Waals surface area contributed by atoms with Gasteiger partial charge in [0.15, 0.2) is 6.29 Å². The molecule has 8 N–H and O–H groups in total. The molecule has 3 heterocycles. The van der Waals surface area contributed by atoms with E-state index in [9.17, 15) is 45.0 Å². The summed E-state index contributed by atoms with van der Waals surface area (Å²) >= 11 is 0. The van der Waals surface area contributed by atoms with Gasteiger partial charge in [-0.25, -0.2) is 4.79 Å². The zero-order valence-corrected chi connectivity index (χ0v) is 26.4. The van der Waals surface area contributed by atoms with Crippen molar-refractivity contribution < 1.29 is 64.0 Å². The molecule has 0 aromatic heterocycles. The Balaban J connectivity index is 1.79. The van der Waals surface area contributed by atoms with E-state index < -0.39 is 97.3 Å². The van der Waals surface area contributed by atoms with Crippen LogP contribution in [0.4, 0.5) is 0 Å². The molecular formula is C33H47NO13. The second-order valence-electron chi connectivity index (χ2n) is 12.1. The molecule has 0 amide bonds. The van der Waals surface area contributed by atoms with Gasteiger partial charge in [-0.15, -0.1) is 0 Å². The van der Waals surface area contributed by atoms with Gasteiger partial charge in [0.1, 0.15) is 30.0 Å². The van der Waals surface area contributed by atoms with Gasteiger partial charge >= 0.3 is 11.9 Å². The van der Waals surface area contributed by atoms with Crippen molar-refractivity contribution in [1.29, 1.82) is 0 Å². The molecule has 0 bridgehead atoms. The Labute approximate surface area is 273 Å². The third kappa shape index (κ3) is 12.5. The number of cyclic esters (lactones) is 1. The lowest BCUT2D eigenvalue weighted by molar-refractivity contribution is -0.277. The number of aliphatic hydroxyl groups is 5. The Hall–Kier alpha value is -3.05. The second-order valence-corrected chi connectivity index (χ2v) is 12.1. The van der Waals surface area contributed by atoms with E-state index in [2.05, 4.69) is 0 Å². The summed E-state index contributed by atoms with van der Waals surface area (Å²) in [5.74, 6) is -4.54. The average molecular weight is 666 g/mol. The van der Waals surface area contributed by atoms with Crippen LogP contribution in [0.25, 0.3) is 0 Å². The molecule has 47 heavy (non-hydrogen) atoms. The highest BCUT2D eigenvalue weighted by atomic mass is 16.7. The molecule has 262 valence electrons. The maximum absolute atomic E-state index is 12.6. The number of carboxylic acid groups (broad SMARTS) is 1. The smallest absolute Gasteiger partial charge is 0.330 e. The van der Waals surface area contributed by atoms with E-state index in [0.29, 0.717) is 6.42 Å². The summed E-state index contributed by atoms with van der Waals surface area (Å²) in [5.41, 5.74) is 5.91. The number of hydrogen-bond acceptors (Lipinski definition) is 13. The van der Waals surface area contributed by atoms with Crippen LogP contribution in [0, 0.1) is 5.92 Å². The number of Topliss-reactive ketones (excluding diaryl/α,β-unsaturated/α-hetero) is 1. The predicted octanol–water partition coefficient (Wildman–Crippen LogP) is -0.0377. The topological polar surface area (TPSA) is 239 Å². The number of aliphatic hydroxyl groups excluding tert-OH is 5. The van der Waals surface area contributed by atoms with E-state index in [4.69, 9.17) is 24.7 Å². The molecule has 0 aliphatic carbocycles. The molecule has 2 fully saturated rings. The number of carboxylic acids is 1. The lowest BCUT2D eigenvalue weighted by Crippen LogP contribution is -2.61. The van der Waals surface area contributed by atoms with Crippen molar-refractivity contribution in [3.8, 4) is 0 Å². The summed E-state index contributed by atoms with van der Waals surface area (Å²) in [7, 11) is 0. The standard InChI is InChI=1S/C33H47NO13/c1-18-10-8-6-4-3-5-7-9-11-22(46-33-31(41)29(34)30(40)19(2)45-33)17-24(38)28(32(42)43)23(37)15-20(35)14-21(36)16-26-25(47-26)12-13-27(39)44-18/h3-9,11-13,18-19,21-26,28-31,33,36-38,40-41H,10,14-17,34H2,1-2H3,(H,42,43)/b4-3-,7-5+,8-6+,11-9+,13-12+/t18-,19-,21+,22+,23-,24+,25+,26+,28-,29+,30-,31+,33+/m1/s1. The number of esters is 1. The van der Waals surface area contributed by atoms with E-state index in [1.54, 1.807) is 43.4 Å².